The van der Waals surface area contributed by atoms with Crippen molar-refractivity contribution in [2.75, 3.05) is 0 Å². The molecule has 0 aliphatic carbocycles. The van der Waals surface area contributed by atoms with Gasteiger partial charge in [-0.15, -0.1) is 0 Å². The first-order chi connectivity index (χ1) is 9.60. The molecule has 2 aromatic carbocycles. The lowest BCUT2D eigenvalue weighted by atomic mass is 9.99. The summed E-state index contributed by atoms with van der Waals surface area (Å²) in [6.45, 7) is 4.70. The number of ether oxygens (including phenoxy) is 1. The Morgan fingerprint density at radius 3 is 2.45 bits per heavy atom. The molecule has 2 aromatic rings. The van der Waals surface area contributed by atoms with E-state index in [-0.39, 0.29) is 5.02 Å². The maximum atomic E-state index is 13.3. The zero-order valence-corrected chi connectivity index (χ0v) is 12.5. The van der Waals surface area contributed by atoms with E-state index in [9.17, 15) is 4.39 Å². The SMILES string of the molecule is CCC(C)c1ccc(OCc2ccc(Cl)c(F)c2)cc1. The number of hydrogen-bond acceptors (Lipinski definition) is 1. The van der Waals surface area contributed by atoms with Crippen LogP contribution >= 0.6 is 11.6 Å². The Labute approximate surface area is 124 Å². The van der Waals surface area contributed by atoms with Crippen LogP contribution in [0.15, 0.2) is 42.5 Å². The molecule has 0 aromatic heterocycles. The smallest absolute Gasteiger partial charge is 0.142 e. The summed E-state index contributed by atoms with van der Waals surface area (Å²) in [5, 5.41) is 0.131. The first-order valence-corrected chi connectivity index (χ1v) is 7.14. The van der Waals surface area contributed by atoms with E-state index in [2.05, 4.69) is 26.0 Å². The van der Waals surface area contributed by atoms with Gasteiger partial charge in [0.25, 0.3) is 0 Å². The van der Waals surface area contributed by atoms with Gasteiger partial charge in [-0.3, -0.25) is 0 Å². The summed E-state index contributed by atoms with van der Waals surface area (Å²) in [6.07, 6.45) is 1.12. The van der Waals surface area contributed by atoms with Gasteiger partial charge in [0.05, 0.1) is 5.02 Å². The van der Waals surface area contributed by atoms with Gasteiger partial charge in [-0.2, -0.15) is 0 Å². The van der Waals surface area contributed by atoms with Crippen molar-refractivity contribution in [1.82, 2.24) is 0 Å². The van der Waals surface area contributed by atoms with Crippen molar-refractivity contribution < 1.29 is 9.13 Å². The highest BCUT2D eigenvalue weighted by atomic mass is 35.5. The number of benzene rings is 2. The second-order valence-corrected chi connectivity index (χ2v) is 5.32. The quantitative estimate of drug-likeness (QED) is 0.700. The minimum Gasteiger partial charge on any atom is -0.489 e. The van der Waals surface area contributed by atoms with Crippen molar-refractivity contribution in [1.29, 1.82) is 0 Å². The molecule has 0 aliphatic rings. The van der Waals surface area contributed by atoms with Crippen LogP contribution in [0.4, 0.5) is 4.39 Å². The molecule has 0 aliphatic heterocycles. The Hall–Kier alpha value is -1.54. The van der Waals surface area contributed by atoms with E-state index in [0.717, 1.165) is 17.7 Å². The highest BCUT2D eigenvalue weighted by molar-refractivity contribution is 6.30. The summed E-state index contributed by atoms with van der Waals surface area (Å²) in [7, 11) is 0. The number of halogens is 2. The number of rotatable bonds is 5. The van der Waals surface area contributed by atoms with Gasteiger partial charge in [0, 0.05) is 0 Å². The van der Waals surface area contributed by atoms with Gasteiger partial charge in [-0.25, -0.2) is 4.39 Å². The van der Waals surface area contributed by atoms with E-state index in [4.69, 9.17) is 16.3 Å². The molecular weight excluding hydrogens is 275 g/mol. The lowest BCUT2D eigenvalue weighted by Crippen LogP contribution is -1.97. The summed E-state index contributed by atoms with van der Waals surface area (Å²) < 4.78 is 18.9. The normalized spacial score (nSPS) is 12.2. The van der Waals surface area contributed by atoms with Crippen LogP contribution in [0.3, 0.4) is 0 Å². The second-order valence-electron chi connectivity index (χ2n) is 4.92. The molecule has 0 heterocycles. The lowest BCUT2D eigenvalue weighted by molar-refractivity contribution is 0.305. The Balaban J connectivity index is 1.98. The van der Waals surface area contributed by atoms with Crippen LogP contribution in [-0.4, -0.2) is 0 Å². The molecule has 20 heavy (non-hydrogen) atoms. The molecule has 0 spiro atoms. The van der Waals surface area contributed by atoms with Crippen molar-refractivity contribution in [3.05, 3.63) is 64.4 Å². The topological polar surface area (TPSA) is 9.23 Å². The van der Waals surface area contributed by atoms with Crippen molar-refractivity contribution in [2.45, 2.75) is 32.8 Å². The Morgan fingerprint density at radius 2 is 1.85 bits per heavy atom. The molecule has 0 saturated heterocycles. The fourth-order valence-corrected chi connectivity index (χ4v) is 2.04. The molecule has 1 nitrogen and oxygen atoms in total. The molecule has 3 heteroatoms. The zero-order chi connectivity index (χ0) is 14.5. The second kappa shape index (κ2) is 6.76. The third kappa shape index (κ3) is 3.73. The molecule has 106 valence electrons. The van der Waals surface area contributed by atoms with Gasteiger partial charge in [-0.1, -0.05) is 43.6 Å². The maximum absolute atomic E-state index is 13.3. The standard InChI is InChI=1S/C17H18ClFO/c1-3-12(2)14-5-7-15(8-6-14)20-11-13-4-9-16(18)17(19)10-13/h4-10,12H,3,11H2,1-2H3. The van der Waals surface area contributed by atoms with Crippen LogP contribution in [0.2, 0.25) is 5.02 Å². The zero-order valence-electron chi connectivity index (χ0n) is 11.7. The molecule has 2 rings (SSSR count). The molecule has 0 fully saturated rings. The summed E-state index contributed by atoms with van der Waals surface area (Å²) in [4.78, 5) is 0. The summed E-state index contributed by atoms with van der Waals surface area (Å²) in [5.41, 5.74) is 2.07. The third-order valence-corrected chi connectivity index (χ3v) is 3.76. The van der Waals surface area contributed by atoms with Crippen molar-refractivity contribution in [3.8, 4) is 5.75 Å². The van der Waals surface area contributed by atoms with Gasteiger partial charge < -0.3 is 4.74 Å². The van der Waals surface area contributed by atoms with Crippen LogP contribution in [-0.2, 0) is 6.61 Å². The van der Waals surface area contributed by atoms with Crippen molar-refractivity contribution in [3.63, 3.8) is 0 Å². The van der Waals surface area contributed by atoms with Gasteiger partial charge >= 0.3 is 0 Å². The molecule has 0 bridgehead atoms. The summed E-state index contributed by atoms with van der Waals surface area (Å²) in [6, 6.07) is 12.8. The van der Waals surface area contributed by atoms with Gasteiger partial charge in [0.2, 0.25) is 0 Å². The molecule has 0 radical (unpaired) electrons. The molecule has 1 atom stereocenters. The highest BCUT2D eigenvalue weighted by Gasteiger charge is 2.04. The van der Waals surface area contributed by atoms with Crippen LogP contribution in [0.5, 0.6) is 5.75 Å². The van der Waals surface area contributed by atoms with Gasteiger partial charge in [-0.05, 0) is 47.7 Å². The fourth-order valence-electron chi connectivity index (χ4n) is 1.92. The van der Waals surface area contributed by atoms with Crippen LogP contribution in [0.25, 0.3) is 0 Å². The Morgan fingerprint density at radius 1 is 1.15 bits per heavy atom. The van der Waals surface area contributed by atoms with Gasteiger partial charge in [0.15, 0.2) is 0 Å². The van der Waals surface area contributed by atoms with E-state index in [1.54, 1.807) is 12.1 Å². The molecule has 0 saturated carbocycles. The lowest BCUT2D eigenvalue weighted by Gasteiger charge is -2.11. The average molecular weight is 293 g/mol. The van der Waals surface area contributed by atoms with Gasteiger partial charge in [0.1, 0.15) is 18.2 Å². The van der Waals surface area contributed by atoms with E-state index in [0.29, 0.717) is 12.5 Å². The fraction of sp³-hybridized carbons (Fsp3) is 0.294. The minimum absolute atomic E-state index is 0.131. The monoisotopic (exact) mass is 292 g/mol. The number of hydrogen-bond donors (Lipinski definition) is 0. The summed E-state index contributed by atoms with van der Waals surface area (Å²) >= 11 is 5.64. The van der Waals surface area contributed by atoms with E-state index in [1.165, 1.54) is 11.6 Å². The predicted octanol–water partition coefficient (Wildman–Crippen LogP) is 5.57. The molecule has 0 amide bonds. The maximum Gasteiger partial charge on any atom is 0.142 e. The van der Waals surface area contributed by atoms with Crippen molar-refractivity contribution >= 4 is 11.6 Å². The van der Waals surface area contributed by atoms with Crippen LogP contribution in [0.1, 0.15) is 37.3 Å². The highest BCUT2D eigenvalue weighted by Crippen LogP contribution is 2.22. The Kier molecular flexibility index (Phi) is 5.02. The average Bonchev–Trinajstić information content (AvgIpc) is 2.48. The first-order valence-electron chi connectivity index (χ1n) is 6.77. The predicted molar refractivity (Wildman–Crippen MR) is 80.9 cm³/mol. The van der Waals surface area contributed by atoms with E-state index >= 15 is 0 Å². The third-order valence-electron chi connectivity index (χ3n) is 3.45. The van der Waals surface area contributed by atoms with E-state index in [1.807, 2.05) is 12.1 Å². The van der Waals surface area contributed by atoms with Crippen LogP contribution < -0.4 is 4.74 Å². The van der Waals surface area contributed by atoms with Crippen molar-refractivity contribution in [2.24, 2.45) is 0 Å². The van der Waals surface area contributed by atoms with Crippen LogP contribution in [0, 0.1) is 5.82 Å². The largest absolute Gasteiger partial charge is 0.489 e. The molecule has 1 unspecified atom stereocenters. The molecule has 0 N–H and O–H groups in total. The Bertz CT molecular complexity index is 566. The van der Waals surface area contributed by atoms with E-state index < -0.39 is 5.82 Å². The summed E-state index contributed by atoms with van der Waals surface area (Å²) in [5.74, 6) is 0.918. The first kappa shape index (κ1) is 14.9. The molecular formula is C17H18ClFO. The minimum atomic E-state index is -0.417.